The molecule has 2 aromatic heterocycles. The van der Waals surface area contributed by atoms with Crippen molar-refractivity contribution in [3.63, 3.8) is 0 Å². The van der Waals surface area contributed by atoms with E-state index in [4.69, 9.17) is 0 Å². The van der Waals surface area contributed by atoms with Crippen molar-refractivity contribution in [3.8, 4) is 0 Å². The Labute approximate surface area is 105 Å². The van der Waals surface area contributed by atoms with Gasteiger partial charge in [0.2, 0.25) is 5.43 Å². The number of hydrogen-bond acceptors (Lipinski definition) is 6. The molecular formula is C11H9NO5S. The first-order valence-electron chi connectivity index (χ1n) is 4.90. The second-order valence-electron chi connectivity index (χ2n) is 3.35. The van der Waals surface area contributed by atoms with Crippen LogP contribution >= 0.6 is 11.3 Å². The van der Waals surface area contributed by atoms with Crippen LogP contribution in [0.25, 0.3) is 10.2 Å². The molecule has 0 aromatic carbocycles. The molecule has 0 atom stereocenters. The maximum Gasteiger partial charge on any atom is 0.355 e. The third-order valence-electron chi connectivity index (χ3n) is 2.40. The number of methoxy groups -OCH3 is 2. The van der Waals surface area contributed by atoms with Gasteiger partial charge in [-0.3, -0.25) is 4.79 Å². The maximum absolute atomic E-state index is 12.1. The Bertz CT molecular complexity index is 684. The quantitative estimate of drug-likeness (QED) is 0.825. The molecule has 0 aliphatic rings. The number of carbonyl (C=O) groups is 2. The minimum atomic E-state index is -0.871. The number of esters is 2. The lowest BCUT2D eigenvalue weighted by Crippen LogP contribution is -2.23. The third-order valence-corrected chi connectivity index (χ3v) is 3.23. The average Bonchev–Trinajstić information content (AvgIpc) is 2.85. The molecule has 0 saturated carbocycles. The van der Waals surface area contributed by atoms with E-state index in [9.17, 15) is 14.4 Å². The van der Waals surface area contributed by atoms with Crippen molar-refractivity contribution < 1.29 is 19.1 Å². The van der Waals surface area contributed by atoms with E-state index in [1.54, 1.807) is 11.4 Å². The van der Waals surface area contributed by atoms with Gasteiger partial charge in [0.05, 0.1) is 19.6 Å². The van der Waals surface area contributed by atoms with Crippen molar-refractivity contribution in [1.82, 2.24) is 4.98 Å². The van der Waals surface area contributed by atoms with Crippen LogP contribution in [0.3, 0.4) is 0 Å². The lowest BCUT2D eigenvalue weighted by atomic mass is 10.1. The molecule has 0 spiro atoms. The number of H-pyrrole nitrogens is 1. The number of rotatable bonds is 2. The zero-order valence-corrected chi connectivity index (χ0v) is 10.4. The number of nitrogens with one attached hydrogen (secondary N) is 1. The van der Waals surface area contributed by atoms with Crippen molar-refractivity contribution in [3.05, 3.63) is 32.9 Å². The topological polar surface area (TPSA) is 85.5 Å². The van der Waals surface area contributed by atoms with Gasteiger partial charge in [0.15, 0.2) is 0 Å². The molecule has 0 bridgehead atoms. The molecule has 7 heteroatoms. The number of aromatic nitrogens is 1. The minimum Gasteiger partial charge on any atom is -0.465 e. The summed E-state index contributed by atoms with van der Waals surface area (Å²) in [5, 5.41) is 2.03. The summed E-state index contributed by atoms with van der Waals surface area (Å²) >= 11 is 1.26. The van der Waals surface area contributed by atoms with Crippen molar-refractivity contribution in [2.75, 3.05) is 14.2 Å². The highest BCUT2D eigenvalue weighted by molar-refractivity contribution is 7.16. The van der Waals surface area contributed by atoms with E-state index in [1.807, 2.05) is 0 Å². The summed E-state index contributed by atoms with van der Waals surface area (Å²) < 4.78 is 9.05. The second-order valence-corrected chi connectivity index (χ2v) is 4.27. The van der Waals surface area contributed by atoms with Crippen LogP contribution in [0.5, 0.6) is 0 Å². The van der Waals surface area contributed by atoms with Crippen LogP contribution < -0.4 is 5.43 Å². The van der Waals surface area contributed by atoms with E-state index in [1.165, 1.54) is 18.4 Å². The maximum atomic E-state index is 12.1. The molecule has 2 aromatic rings. The predicted octanol–water partition coefficient (Wildman–Crippen LogP) is 1.16. The Morgan fingerprint density at radius 1 is 1.22 bits per heavy atom. The standard InChI is InChI=1S/C11H9NO5S/c1-16-10(14)6-7(11(15)17-2)12-9-5(8(6)13)3-4-18-9/h3-4H,1-2H3,(H,12,13). The zero-order valence-electron chi connectivity index (χ0n) is 9.60. The second kappa shape index (κ2) is 4.61. The molecular weight excluding hydrogens is 258 g/mol. The van der Waals surface area contributed by atoms with Crippen molar-refractivity contribution in [2.24, 2.45) is 0 Å². The number of ether oxygens (including phenoxy) is 2. The summed E-state index contributed by atoms with van der Waals surface area (Å²) in [6.45, 7) is 0. The van der Waals surface area contributed by atoms with E-state index >= 15 is 0 Å². The molecule has 0 amide bonds. The fourth-order valence-electron chi connectivity index (χ4n) is 1.56. The lowest BCUT2D eigenvalue weighted by Gasteiger charge is -2.06. The van der Waals surface area contributed by atoms with Crippen LogP contribution in [0.4, 0.5) is 0 Å². The third kappa shape index (κ3) is 1.78. The zero-order chi connectivity index (χ0) is 13.3. The fraction of sp³-hybridized carbons (Fsp3) is 0.182. The van der Waals surface area contributed by atoms with Gasteiger partial charge in [0, 0.05) is 0 Å². The number of fused-ring (bicyclic) bond motifs is 1. The molecule has 2 rings (SSSR count). The number of hydrogen-bond donors (Lipinski definition) is 1. The van der Waals surface area contributed by atoms with Gasteiger partial charge in [-0.05, 0) is 11.4 Å². The van der Waals surface area contributed by atoms with Crippen LogP contribution in [0.15, 0.2) is 16.2 Å². The van der Waals surface area contributed by atoms with E-state index < -0.39 is 17.4 Å². The van der Waals surface area contributed by atoms with Gasteiger partial charge in [0.1, 0.15) is 16.1 Å². The summed E-state index contributed by atoms with van der Waals surface area (Å²) in [6.07, 6.45) is 0. The van der Waals surface area contributed by atoms with Gasteiger partial charge in [0.25, 0.3) is 0 Å². The van der Waals surface area contributed by atoms with Crippen LogP contribution in [0.1, 0.15) is 20.8 Å². The van der Waals surface area contributed by atoms with Crippen molar-refractivity contribution in [1.29, 1.82) is 0 Å². The van der Waals surface area contributed by atoms with Crippen LogP contribution in [-0.2, 0) is 9.47 Å². The molecule has 0 fully saturated rings. The Balaban J connectivity index is 2.85. The molecule has 0 aliphatic heterocycles. The summed E-state index contributed by atoms with van der Waals surface area (Å²) in [4.78, 5) is 38.5. The molecule has 2 heterocycles. The molecule has 0 aliphatic carbocycles. The minimum absolute atomic E-state index is 0.190. The largest absolute Gasteiger partial charge is 0.465 e. The molecule has 94 valence electrons. The number of thiophene rings is 1. The van der Waals surface area contributed by atoms with Gasteiger partial charge in [-0.1, -0.05) is 0 Å². The van der Waals surface area contributed by atoms with Gasteiger partial charge >= 0.3 is 11.9 Å². The number of carbonyl (C=O) groups excluding carboxylic acids is 2. The van der Waals surface area contributed by atoms with E-state index in [-0.39, 0.29) is 11.3 Å². The highest BCUT2D eigenvalue weighted by Gasteiger charge is 2.24. The van der Waals surface area contributed by atoms with Crippen molar-refractivity contribution >= 4 is 33.5 Å². The highest BCUT2D eigenvalue weighted by atomic mass is 32.1. The van der Waals surface area contributed by atoms with E-state index in [2.05, 4.69) is 14.5 Å². The smallest absolute Gasteiger partial charge is 0.355 e. The first-order chi connectivity index (χ1) is 8.60. The van der Waals surface area contributed by atoms with Crippen LogP contribution in [-0.4, -0.2) is 31.1 Å². The molecule has 18 heavy (non-hydrogen) atoms. The van der Waals surface area contributed by atoms with Gasteiger partial charge in [-0.2, -0.15) is 0 Å². The summed E-state index contributed by atoms with van der Waals surface area (Å²) in [6, 6.07) is 1.58. The average molecular weight is 267 g/mol. The SMILES string of the molecule is COC(=O)c1[nH]c2sccc2c(=O)c1C(=O)OC. The van der Waals surface area contributed by atoms with Crippen LogP contribution in [0.2, 0.25) is 0 Å². The first-order valence-corrected chi connectivity index (χ1v) is 5.78. The summed E-state index contributed by atoms with van der Waals surface area (Å²) in [5.41, 5.74) is -1.07. The van der Waals surface area contributed by atoms with Crippen LogP contribution in [0, 0.1) is 0 Å². The normalized spacial score (nSPS) is 10.3. The lowest BCUT2D eigenvalue weighted by molar-refractivity contribution is 0.0549. The molecule has 0 unspecified atom stereocenters. The molecule has 0 saturated heterocycles. The monoisotopic (exact) mass is 267 g/mol. The predicted molar refractivity (Wildman–Crippen MR) is 65.1 cm³/mol. The molecule has 0 radical (unpaired) electrons. The number of aromatic amines is 1. The fourth-order valence-corrected chi connectivity index (χ4v) is 2.35. The van der Waals surface area contributed by atoms with Gasteiger partial charge in [-0.15, -0.1) is 11.3 Å². The summed E-state index contributed by atoms with van der Waals surface area (Å²) in [5.74, 6) is -1.66. The Kier molecular flexibility index (Phi) is 3.15. The van der Waals surface area contributed by atoms with Gasteiger partial charge in [-0.25, -0.2) is 9.59 Å². The number of pyridine rings is 1. The molecule has 6 nitrogen and oxygen atoms in total. The first kappa shape index (κ1) is 12.3. The van der Waals surface area contributed by atoms with Crippen molar-refractivity contribution in [2.45, 2.75) is 0 Å². The Hall–Kier alpha value is -2.15. The van der Waals surface area contributed by atoms with E-state index in [0.717, 1.165) is 7.11 Å². The molecule has 1 N–H and O–H groups in total. The Morgan fingerprint density at radius 2 is 1.89 bits per heavy atom. The van der Waals surface area contributed by atoms with E-state index in [0.29, 0.717) is 10.2 Å². The van der Waals surface area contributed by atoms with Gasteiger partial charge < -0.3 is 14.5 Å². The Morgan fingerprint density at radius 3 is 2.50 bits per heavy atom. The highest BCUT2D eigenvalue weighted by Crippen LogP contribution is 2.18. The summed E-state index contributed by atoms with van der Waals surface area (Å²) in [7, 11) is 2.31.